The fourth-order valence-electron chi connectivity index (χ4n) is 3.25. The molecule has 32 heavy (non-hydrogen) atoms. The molecule has 3 amide bonds. The highest BCUT2D eigenvalue weighted by atomic mass is 127. The van der Waals surface area contributed by atoms with Crippen LogP contribution in [0.4, 0.5) is 11.4 Å². The SMILES string of the molecule is CCC(=O)N(CC)c1c(I)c(C(=O)N(CC)CC(=O)O)c(I)c(N(CC)C(=O)CC)c1I. The molecule has 0 heterocycles. The third-order valence-electron chi connectivity index (χ3n) is 4.86. The van der Waals surface area contributed by atoms with Gasteiger partial charge in [-0.2, -0.15) is 0 Å². The molecule has 0 fully saturated rings. The molecule has 0 aliphatic rings. The van der Waals surface area contributed by atoms with Gasteiger partial charge in [0, 0.05) is 32.5 Å². The third-order valence-corrected chi connectivity index (χ3v) is 7.98. The van der Waals surface area contributed by atoms with Crippen molar-refractivity contribution in [2.45, 2.75) is 47.5 Å². The van der Waals surface area contributed by atoms with Gasteiger partial charge in [-0.3, -0.25) is 19.2 Å². The fraction of sp³-hybridized carbons (Fsp3) is 0.524. The van der Waals surface area contributed by atoms with Gasteiger partial charge in [-0.25, -0.2) is 0 Å². The summed E-state index contributed by atoms with van der Waals surface area (Å²) in [6.45, 7) is 9.54. The largest absolute Gasteiger partial charge is 0.480 e. The van der Waals surface area contributed by atoms with E-state index in [4.69, 9.17) is 0 Å². The van der Waals surface area contributed by atoms with E-state index in [1.165, 1.54) is 4.90 Å². The van der Waals surface area contributed by atoms with Crippen LogP contribution in [0.25, 0.3) is 0 Å². The van der Waals surface area contributed by atoms with Crippen molar-refractivity contribution in [3.8, 4) is 0 Å². The lowest BCUT2D eigenvalue weighted by Gasteiger charge is -2.32. The Labute approximate surface area is 229 Å². The number of amides is 3. The van der Waals surface area contributed by atoms with Gasteiger partial charge in [0.25, 0.3) is 5.91 Å². The lowest BCUT2D eigenvalue weighted by atomic mass is 10.1. The number of nitrogens with zero attached hydrogens (tertiary/aromatic N) is 3. The first-order valence-electron chi connectivity index (χ1n) is 10.3. The van der Waals surface area contributed by atoms with E-state index >= 15 is 0 Å². The molecule has 0 aliphatic carbocycles. The smallest absolute Gasteiger partial charge is 0.323 e. The molecule has 0 spiro atoms. The van der Waals surface area contributed by atoms with Crippen LogP contribution in [0.3, 0.4) is 0 Å². The number of hydrogen-bond acceptors (Lipinski definition) is 4. The Balaban J connectivity index is 4.05. The number of rotatable bonds is 10. The standard InChI is InChI=1S/C21H28I3N3O5/c1-6-12(28)26(9-4)19-16(22)15(21(32)25(8-3)11-14(30)31)17(23)20(18(19)24)27(10-5)13(29)7-2/h6-11H2,1-5H3,(H,30,31). The van der Waals surface area contributed by atoms with Crippen LogP contribution < -0.4 is 9.80 Å². The zero-order valence-corrected chi connectivity index (χ0v) is 25.3. The molecule has 1 aromatic rings. The molecular weight excluding hydrogens is 755 g/mol. The van der Waals surface area contributed by atoms with E-state index in [9.17, 15) is 24.3 Å². The Morgan fingerprint density at radius 3 is 1.41 bits per heavy atom. The minimum atomic E-state index is -1.11. The van der Waals surface area contributed by atoms with Crippen LogP contribution in [-0.4, -0.2) is 59.9 Å². The molecule has 0 radical (unpaired) electrons. The zero-order valence-electron chi connectivity index (χ0n) is 18.8. The van der Waals surface area contributed by atoms with Crippen molar-refractivity contribution in [2.24, 2.45) is 0 Å². The van der Waals surface area contributed by atoms with Crippen molar-refractivity contribution in [3.05, 3.63) is 16.3 Å². The summed E-state index contributed by atoms with van der Waals surface area (Å²) < 4.78 is 1.84. The highest BCUT2D eigenvalue weighted by Gasteiger charge is 2.33. The number of benzene rings is 1. The van der Waals surface area contributed by atoms with Crippen LogP contribution in [0.15, 0.2) is 0 Å². The Morgan fingerprint density at radius 1 is 0.719 bits per heavy atom. The predicted molar refractivity (Wildman–Crippen MR) is 150 cm³/mol. The number of likely N-dealkylation sites (N-methyl/N-ethyl adjacent to an activating group) is 1. The van der Waals surface area contributed by atoms with E-state index in [-0.39, 0.29) is 31.2 Å². The Morgan fingerprint density at radius 2 is 1.12 bits per heavy atom. The number of halogens is 3. The molecule has 0 saturated heterocycles. The van der Waals surface area contributed by atoms with Crippen LogP contribution in [0.1, 0.15) is 57.8 Å². The van der Waals surface area contributed by atoms with Crippen molar-refractivity contribution < 1.29 is 24.3 Å². The minimum Gasteiger partial charge on any atom is -0.480 e. The van der Waals surface area contributed by atoms with Gasteiger partial charge in [0.1, 0.15) is 6.54 Å². The van der Waals surface area contributed by atoms with Gasteiger partial charge in [-0.1, -0.05) is 13.8 Å². The molecule has 0 bridgehead atoms. The molecule has 0 aliphatic heterocycles. The Hall–Kier alpha value is -0.710. The number of aliphatic carboxylic acids is 1. The second-order valence-electron chi connectivity index (χ2n) is 6.71. The molecule has 1 rings (SSSR count). The van der Waals surface area contributed by atoms with Gasteiger partial charge in [-0.15, -0.1) is 0 Å². The molecule has 8 nitrogen and oxygen atoms in total. The van der Waals surface area contributed by atoms with E-state index in [0.717, 1.165) is 0 Å². The molecule has 0 atom stereocenters. The zero-order chi connectivity index (χ0) is 24.7. The number of anilines is 2. The average Bonchev–Trinajstić information content (AvgIpc) is 2.76. The van der Waals surface area contributed by atoms with Crippen LogP contribution in [0, 0.1) is 10.7 Å². The maximum absolute atomic E-state index is 13.5. The number of carbonyl (C=O) groups is 4. The first kappa shape index (κ1) is 29.3. The van der Waals surface area contributed by atoms with Crippen molar-refractivity contribution in [1.82, 2.24) is 4.90 Å². The summed E-state index contributed by atoms with van der Waals surface area (Å²) in [5.41, 5.74) is 1.46. The van der Waals surface area contributed by atoms with Gasteiger partial charge in [0.15, 0.2) is 0 Å². The number of carboxylic acid groups (broad SMARTS) is 1. The maximum Gasteiger partial charge on any atom is 0.323 e. The quantitative estimate of drug-likeness (QED) is 0.351. The normalized spacial score (nSPS) is 10.6. The average molecular weight is 783 g/mol. The Kier molecular flexibility index (Phi) is 12.1. The van der Waals surface area contributed by atoms with Gasteiger partial charge in [0.05, 0.1) is 27.6 Å². The molecule has 178 valence electrons. The van der Waals surface area contributed by atoms with Crippen molar-refractivity contribution in [1.29, 1.82) is 0 Å². The van der Waals surface area contributed by atoms with Crippen LogP contribution in [0.2, 0.25) is 0 Å². The van der Waals surface area contributed by atoms with Gasteiger partial charge in [0.2, 0.25) is 11.8 Å². The number of carbonyl (C=O) groups excluding carboxylic acids is 3. The molecular formula is C21H28I3N3O5. The van der Waals surface area contributed by atoms with Crippen molar-refractivity contribution in [2.75, 3.05) is 36.0 Å². The van der Waals surface area contributed by atoms with E-state index in [2.05, 4.69) is 67.8 Å². The third kappa shape index (κ3) is 6.24. The molecule has 0 saturated carbocycles. The monoisotopic (exact) mass is 783 g/mol. The van der Waals surface area contributed by atoms with Crippen molar-refractivity contribution >= 4 is 103 Å². The summed E-state index contributed by atoms with van der Waals surface area (Å²) in [7, 11) is 0. The molecule has 0 aromatic heterocycles. The lowest BCUT2D eigenvalue weighted by molar-refractivity contribution is -0.137. The molecule has 1 N–H and O–H groups in total. The van der Waals surface area contributed by atoms with E-state index in [1.807, 2.05) is 13.8 Å². The topological polar surface area (TPSA) is 98.2 Å². The molecule has 0 unspecified atom stereocenters. The highest BCUT2D eigenvalue weighted by Crippen LogP contribution is 2.43. The first-order chi connectivity index (χ1) is 15.0. The van der Waals surface area contributed by atoms with Gasteiger partial charge < -0.3 is 19.8 Å². The minimum absolute atomic E-state index is 0.100. The van der Waals surface area contributed by atoms with Crippen molar-refractivity contribution in [3.63, 3.8) is 0 Å². The summed E-state index contributed by atoms with van der Waals surface area (Å²) in [5.74, 6) is -1.75. The molecule has 11 heteroatoms. The van der Waals surface area contributed by atoms with Crippen LogP contribution in [0.5, 0.6) is 0 Å². The summed E-state index contributed by atoms with van der Waals surface area (Å²) >= 11 is 6.25. The van der Waals surface area contributed by atoms with E-state index in [1.54, 1.807) is 30.6 Å². The summed E-state index contributed by atoms with van der Waals surface area (Å²) in [5, 5.41) is 9.26. The van der Waals surface area contributed by atoms with Crippen LogP contribution >= 0.6 is 67.8 Å². The summed E-state index contributed by atoms with van der Waals surface area (Å²) in [6, 6.07) is 0. The second kappa shape index (κ2) is 13.2. The maximum atomic E-state index is 13.5. The van der Waals surface area contributed by atoms with Crippen LogP contribution in [-0.2, 0) is 14.4 Å². The number of hydrogen-bond donors (Lipinski definition) is 1. The number of carboxylic acids is 1. The predicted octanol–water partition coefficient (Wildman–Crippen LogP) is 4.57. The van der Waals surface area contributed by atoms with Gasteiger partial charge in [-0.05, 0) is 88.5 Å². The second-order valence-corrected chi connectivity index (χ2v) is 9.95. The fourth-order valence-corrected chi connectivity index (χ4v) is 8.04. The lowest BCUT2D eigenvalue weighted by Crippen LogP contribution is -2.39. The van der Waals surface area contributed by atoms with E-state index < -0.39 is 18.4 Å². The first-order valence-corrected chi connectivity index (χ1v) is 13.6. The van der Waals surface area contributed by atoms with Gasteiger partial charge >= 0.3 is 5.97 Å². The Bertz CT molecular complexity index is 856. The highest BCUT2D eigenvalue weighted by molar-refractivity contribution is 14.1. The summed E-state index contributed by atoms with van der Waals surface area (Å²) in [6.07, 6.45) is 0.576. The van der Waals surface area contributed by atoms with E-state index in [0.29, 0.717) is 40.7 Å². The summed E-state index contributed by atoms with van der Waals surface area (Å²) in [4.78, 5) is 54.8. The molecule has 1 aromatic carbocycles.